The average molecular weight is 513 g/mol. The van der Waals surface area contributed by atoms with Gasteiger partial charge in [-0.05, 0) is 55.5 Å². The summed E-state index contributed by atoms with van der Waals surface area (Å²) in [7, 11) is -2.96. The van der Waals surface area contributed by atoms with Gasteiger partial charge in [0.15, 0.2) is 11.4 Å². The lowest BCUT2D eigenvalue weighted by atomic mass is 9.91. The molecule has 0 unspecified atom stereocenters. The SMILES string of the molecule is Cc1ccc(C(C)(C)NS(=O)(=O)CC(F)(F)F)cc1-c1ccc2c(n1)n(C)c(=O)n2CC(C)(C)C. The average Bonchev–Trinajstić information content (AvgIpc) is 2.88. The Bertz CT molecular complexity index is 1430. The van der Waals surface area contributed by atoms with Gasteiger partial charge in [0, 0.05) is 19.2 Å². The number of hydrogen-bond acceptors (Lipinski definition) is 4. The van der Waals surface area contributed by atoms with Gasteiger partial charge in [0.2, 0.25) is 10.0 Å². The van der Waals surface area contributed by atoms with Crippen LogP contribution in [0.3, 0.4) is 0 Å². The lowest BCUT2D eigenvalue weighted by Gasteiger charge is -2.27. The van der Waals surface area contributed by atoms with Crippen LogP contribution in [0.25, 0.3) is 22.4 Å². The van der Waals surface area contributed by atoms with Crippen LogP contribution in [-0.4, -0.2) is 34.5 Å². The molecule has 3 rings (SSSR count). The highest BCUT2D eigenvalue weighted by Gasteiger charge is 2.38. The van der Waals surface area contributed by atoms with Crippen molar-refractivity contribution in [1.82, 2.24) is 18.8 Å². The summed E-state index contributed by atoms with van der Waals surface area (Å²) in [6, 6.07) is 8.76. The summed E-state index contributed by atoms with van der Waals surface area (Å²) >= 11 is 0. The molecule has 0 atom stereocenters. The Kier molecular flexibility index (Phi) is 6.75. The molecule has 2 aromatic heterocycles. The van der Waals surface area contributed by atoms with Gasteiger partial charge in [-0.2, -0.15) is 13.2 Å². The first-order chi connectivity index (χ1) is 15.8. The highest BCUT2D eigenvalue weighted by atomic mass is 32.2. The molecule has 7 nitrogen and oxygen atoms in total. The number of aryl methyl sites for hydroxylation is 2. The number of rotatable bonds is 6. The van der Waals surface area contributed by atoms with Crippen molar-refractivity contribution in [2.75, 3.05) is 5.75 Å². The minimum absolute atomic E-state index is 0.118. The Balaban J connectivity index is 2.06. The number of sulfonamides is 1. The molecule has 11 heteroatoms. The number of nitrogens with zero attached hydrogens (tertiary/aromatic N) is 3. The lowest BCUT2D eigenvalue weighted by Crippen LogP contribution is -2.44. The minimum atomic E-state index is -4.85. The first-order valence-electron chi connectivity index (χ1n) is 11.1. The van der Waals surface area contributed by atoms with Crippen LogP contribution in [0.1, 0.15) is 45.7 Å². The maximum Gasteiger partial charge on any atom is 0.404 e. The van der Waals surface area contributed by atoms with Gasteiger partial charge < -0.3 is 0 Å². The van der Waals surface area contributed by atoms with E-state index in [1.54, 1.807) is 35.9 Å². The van der Waals surface area contributed by atoms with Gasteiger partial charge in [-0.25, -0.2) is 22.9 Å². The van der Waals surface area contributed by atoms with Crippen molar-refractivity contribution < 1.29 is 21.6 Å². The third-order valence-corrected chi connectivity index (χ3v) is 7.14. The third-order valence-electron chi connectivity index (χ3n) is 5.61. The first kappa shape index (κ1) is 26.9. The molecule has 0 fully saturated rings. The molecule has 0 aliphatic rings. The summed E-state index contributed by atoms with van der Waals surface area (Å²) in [5.74, 6) is -1.96. The number of hydrogen-bond donors (Lipinski definition) is 1. The van der Waals surface area contributed by atoms with Crippen LogP contribution in [0.5, 0.6) is 0 Å². The van der Waals surface area contributed by atoms with Gasteiger partial charge in [0.05, 0.1) is 16.7 Å². The summed E-state index contributed by atoms with van der Waals surface area (Å²) in [4.78, 5) is 17.6. The van der Waals surface area contributed by atoms with E-state index in [4.69, 9.17) is 4.98 Å². The molecule has 35 heavy (non-hydrogen) atoms. The Morgan fingerprint density at radius 1 is 1.03 bits per heavy atom. The number of pyridine rings is 1. The van der Waals surface area contributed by atoms with Crippen molar-refractivity contribution in [3.8, 4) is 11.3 Å². The normalized spacial score (nSPS) is 13.5. The monoisotopic (exact) mass is 512 g/mol. The Hall–Kier alpha value is -2.66. The summed E-state index contributed by atoms with van der Waals surface area (Å²) < 4.78 is 67.6. The molecule has 192 valence electrons. The van der Waals surface area contributed by atoms with E-state index < -0.39 is 27.5 Å². The van der Waals surface area contributed by atoms with Crippen molar-refractivity contribution in [1.29, 1.82) is 0 Å². The predicted molar refractivity (Wildman–Crippen MR) is 131 cm³/mol. The number of halogens is 3. The quantitative estimate of drug-likeness (QED) is 0.528. The second-order valence-electron chi connectivity index (χ2n) is 10.7. The largest absolute Gasteiger partial charge is 0.404 e. The van der Waals surface area contributed by atoms with E-state index in [9.17, 15) is 26.4 Å². The zero-order valence-corrected chi connectivity index (χ0v) is 21.7. The van der Waals surface area contributed by atoms with Crippen molar-refractivity contribution in [2.45, 2.75) is 59.8 Å². The van der Waals surface area contributed by atoms with E-state index in [0.29, 0.717) is 34.5 Å². The smallest absolute Gasteiger partial charge is 0.290 e. The van der Waals surface area contributed by atoms with E-state index in [-0.39, 0.29) is 11.1 Å². The molecular formula is C24H31F3N4O3S. The molecule has 0 spiro atoms. The van der Waals surface area contributed by atoms with Crippen LogP contribution < -0.4 is 10.4 Å². The molecule has 0 amide bonds. The number of alkyl halides is 3. The Morgan fingerprint density at radius 2 is 1.66 bits per heavy atom. The predicted octanol–water partition coefficient (Wildman–Crippen LogP) is 4.47. The molecule has 3 aromatic rings. The maximum absolute atomic E-state index is 12.8. The van der Waals surface area contributed by atoms with Gasteiger partial charge in [0.1, 0.15) is 0 Å². The summed E-state index contributed by atoms with van der Waals surface area (Å²) in [6.07, 6.45) is -4.85. The first-order valence-corrected chi connectivity index (χ1v) is 12.7. The minimum Gasteiger partial charge on any atom is -0.290 e. The number of imidazole rings is 1. The van der Waals surface area contributed by atoms with E-state index in [1.807, 2.05) is 33.8 Å². The maximum atomic E-state index is 12.8. The van der Waals surface area contributed by atoms with Crippen LogP contribution in [0.15, 0.2) is 35.1 Å². The molecule has 1 N–H and O–H groups in total. The van der Waals surface area contributed by atoms with Crippen LogP contribution in [0.4, 0.5) is 13.2 Å². The van der Waals surface area contributed by atoms with Crippen molar-refractivity contribution in [3.63, 3.8) is 0 Å². The third kappa shape index (κ3) is 6.13. The fourth-order valence-electron chi connectivity index (χ4n) is 4.04. The zero-order valence-electron chi connectivity index (χ0n) is 20.9. The van der Waals surface area contributed by atoms with Gasteiger partial charge >= 0.3 is 11.9 Å². The van der Waals surface area contributed by atoms with Crippen LogP contribution in [-0.2, 0) is 29.2 Å². The van der Waals surface area contributed by atoms with E-state index in [2.05, 4.69) is 4.72 Å². The van der Waals surface area contributed by atoms with Gasteiger partial charge in [-0.3, -0.25) is 9.13 Å². The zero-order chi connectivity index (χ0) is 26.6. The van der Waals surface area contributed by atoms with Crippen LogP contribution in [0.2, 0.25) is 0 Å². The van der Waals surface area contributed by atoms with Gasteiger partial charge in [-0.15, -0.1) is 0 Å². The van der Waals surface area contributed by atoms with Crippen LogP contribution in [0, 0.1) is 12.3 Å². The van der Waals surface area contributed by atoms with Crippen molar-refractivity contribution >= 4 is 21.2 Å². The lowest BCUT2D eigenvalue weighted by molar-refractivity contribution is -0.106. The van der Waals surface area contributed by atoms with Crippen molar-refractivity contribution in [3.05, 3.63) is 51.9 Å². The number of benzene rings is 1. The summed E-state index contributed by atoms with van der Waals surface area (Å²) in [6.45, 7) is 11.5. The fourth-order valence-corrected chi connectivity index (χ4v) is 5.43. The van der Waals surface area contributed by atoms with E-state index in [0.717, 1.165) is 5.56 Å². The molecule has 2 heterocycles. The topological polar surface area (TPSA) is 86.0 Å². The molecule has 0 saturated carbocycles. The summed E-state index contributed by atoms with van der Waals surface area (Å²) in [5, 5.41) is 0. The molecule has 1 aromatic carbocycles. The van der Waals surface area contributed by atoms with Crippen LogP contribution >= 0.6 is 0 Å². The fraction of sp³-hybridized carbons (Fsp3) is 0.500. The molecule has 0 radical (unpaired) electrons. The Labute approximate surface area is 203 Å². The molecule has 0 aliphatic heterocycles. The number of aromatic nitrogens is 3. The highest BCUT2D eigenvalue weighted by Crippen LogP contribution is 2.31. The summed E-state index contributed by atoms with van der Waals surface area (Å²) in [5.41, 5.74) is 2.17. The van der Waals surface area contributed by atoms with Gasteiger partial charge in [-0.1, -0.05) is 32.9 Å². The van der Waals surface area contributed by atoms with Gasteiger partial charge in [0.25, 0.3) is 0 Å². The van der Waals surface area contributed by atoms with Crippen molar-refractivity contribution in [2.24, 2.45) is 12.5 Å². The number of nitrogens with one attached hydrogen (secondary N) is 1. The van der Waals surface area contributed by atoms with E-state index in [1.165, 1.54) is 18.4 Å². The number of fused-ring (bicyclic) bond motifs is 1. The highest BCUT2D eigenvalue weighted by molar-refractivity contribution is 7.89. The standard InChI is InChI=1S/C24H31F3N4O3S/c1-15-8-9-16(23(5,6)29-35(33,34)14-24(25,26)27)12-17(15)18-10-11-19-20(28-18)30(7)21(32)31(19)13-22(2,3)4/h8-12,29H,13-14H2,1-7H3. The Morgan fingerprint density at radius 3 is 2.23 bits per heavy atom. The van der Waals surface area contributed by atoms with E-state index >= 15 is 0 Å². The molecule has 0 saturated heterocycles. The molecule has 0 aliphatic carbocycles. The molecular weight excluding hydrogens is 481 g/mol. The second kappa shape index (κ2) is 8.77. The molecule has 0 bridgehead atoms. The second-order valence-corrected chi connectivity index (χ2v) is 12.4.